The Labute approximate surface area is 78.5 Å². The van der Waals surface area contributed by atoms with Crippen molar-refractivity contribution in [3.63, 3.8) is 0 Å². The number of aryl methyl sites for hydroxylation is 1. The molecule has 0 aliphatic rings. The number of rotatable bonds is 3. The molecule has 1 rings (SSSR count). The minimum Gasteiger partial charge on any atom is -0.330 e. The molecule has 2 heteroatoms. The summed E-state index contributed by atoms with van der Waals surface area (Å²) in [6, 6.07) is 6.18. The topological polar surface area (TPSA) is 26.0 Å². The van der Waals surface area contributed by atoms with Crippen LogP contribution in [0.1, 0.15) is 18.1 Å². The lowest BCUT2D eigenvalue weighted by Crippen LogP contribution is -2.02. The summed E-state index contributed by atoms with van der Waals surface area (Å²) in [6.07, 6.45) is 1.89. The van der Waals surface area contributed by atoms with Crippen LogP contribution in [0.3, 0.4) is 0 Å². The fourth-order valence-electron chi connectivity index (χ4n) is 1.20. The molecule has 0 aliphatic heterocycles. The van der Waals surface area contributed by atoms with Crippen molar-refractivity contribution in [2.75, 3.05) is 6.54 Å². The van der Waals surface area contributed by atoms with Gasteiger partial charge in [0, 0.05) is 5.02 Å². The maximum Gasteiger partial charge on any atom is 0.0440 e. The van der Waals surface area contributed by atoms with Crippen LogP contribution >= 0.6 is 11.6 Å². The zero-order valence-electron chi connectivity index (χ0n) is 7.31. The monoisotopic (exact) mass is 183 g/mol. The van der Waals surface area contributed by atoms with Gasteiger partial charge in [0.2, 0.25) is 0 Å². The molecule has 0 radical (unpaired) electrons. The Bertz CT molecular complexity index is 258. The van der Waals surface area contributed by atoms with Crippen LogP contribution in [0.4, 0.5) is 0 Å². The van der Waals surface area contributed by atoms with Gasteiger partial charge in [0.15, 0.2) is 0 Å². The highest BCUT2D eigenvalue weighted by molar-refractivity contribution is 6.31. The third-order valence-corrected chi connectivity index (χ3v) is 2.28. The highest BCUT2D eigenvalue weighted by Gasteiger charge is 1.98. The lowest BCUT2D eigenvalue weighted by molar-refractivity contribution is 0.966. The van der Waals surface area contributed by atoms with E-state index in [0.717, 1.165) is 17.9 Å². The summed E-state index contributed by atoms with van der Waals surface area (Å²) in [5.74, 6) is 0. The molecule has 12 heavy (non-hydrogen) atoms. The molecular weight excluding hydrogens is 170 g/mol. The van der Waals surface area contributed by atoms with Crippen molar-refractivity contribution in [1.29, 1.82) is 0 Å². The van der Waals surface area contributed by atoms with E-state index in [1.54, 1.807) is 0 Å². The maximum absolute atomic E-state index is 6.02. The molecule has 0 aliphatic carbocycles. The molecule has 66 valence electrons. The van der Waals surface area contributed by atoms with Gasteiger partial charge in [-0.15, -0.1) is 0 Å². The van der Waals surface area contributed by atoms with Crippen molar-refractivity contribution in [3.05, 3.63) is 34.3 Å². The quantitative estimate of drug-likeness (QED) is 0.766. The molecule has 1 aromatic carbocycles. The lowest BCUT2D eigenvalue weighted by Gasteiger charge is -2.03. The van der Waals surface area contributed by atoms with Gasteiger partial charge in [0.05, 0.1) is 0 Å². The highest BCUT2D eigenvalue weighted by atomic mass is 35.5. The van der Waals surface area contributed by atoms with E-state index < -0.39 is 0 Å². The number of halogens is 1. The Morgan fingerprint density at radius 1 is 1.42 bits per heavy atom. The van der Waals surface area contributed by atoms with Crippen molar-refractivity contribution in [3.8, 4) is 0 Å². The zero-order chi connectivity index (χ0) is 8.97. The van der Waals surface area contributed by atoms with Gasteiger partial charge in [0.25, 0.3) is 0 Å². The predicted octanol–water partition coefficient (Wildman–Crippen LogP) is 2.40. The largest absolute Gasteiger partial charge is 0.330 e. The van der Waals surface area contributed by atoms with Crippen molar-refractivity contribution in [2.45, 2.75) is 19.8 Å². The van der Waals surface area contributed by atoms with Crippen LogP contribution in [-0.4, -0.2) is 6.54 Å². The van der Waals surface area contributed by atoms with Crippen LogP contribution in [0, 0.1) is 0 Å². The summed E-state index contributed by atoms with van der Waals surface area (Å²) in [5.41, 5.74) is 7.87. The van der Waals surface area contributed by atoms with Gasteiger partial charge in [-0.25, -0.2) is 0 Å². The molecule has 0 spiro atoms. The van der Waals surface area contributed by atoms with E-state index in [4.69, 9.17) is 17.3 Å². The average molecular weight is 184 g/mol. The van der Waals surface area contributed by atoms with E-state index in [0.29, 0.717) is 6.54 Å². The zero-order valence-corrected chi connectivity index (χ0v) is 8.06. The van der Waals surface area contributed by atoms with Crippen molar-refractivity contribution >= 4 is 11.6 Å². The minimum absolute atomic E-state index is 0.682. The predicted molar refractivity (Wildman–Crippen MR) is 53.6 cm³/mol. The van der Waals surface area contributed by atoms with Crippen molar-refractivity contribution < 1.29 is 0 Å². The summed E-state index contributed by atoms with van der Waals surface area (Å²) < 4.78 is 0. The van der Waals surface area contributed by atoms with E-state index in [9.17, 15) is 0 Å². The van der Waals surface area contributed by atoms with Gasteiger partial charge in [0.1, 0.15) is 0 Å². The van der Waals surface area contributed by atoms with Gasteiger partial charge in [-0.05, 0) is 36.6 Å². The summed E-state index contributed by atoms with van der Waals surface area (Å²) in [5, 5.41) is 0.864. The molecule has 0 heterocycles. The number of hydrogen-bond donors (Lipinski definition) is 1. The van der Waals surface area contributed by atoms with E-state index in [1.165, 1.54) is 11.1 Å². The Kier molecular flexibility index (Phi) is 3.57. The average Bonchev–Trinajstić information content (AvgIpc) is 2.05. The van der Waals surface area contributed by atoms with Crippen LogP contribution in [-0.2, 0) is 12.8 Å². The first-order chi connectivity index (χ1) is 5.77. The van der Waals surface area contributed by atoms with Crippen molar-refractivity contribution in [1.82, 2.24) is 0 Å². The molecule has 0 saturated carbocycles. The molecular formula is C10H14ClN. The Morgan fingerprint density at radius 2 is 2.17 bits per heavy atom. The molecule has 0 aromatic heterocycles. The second-order valence-electron chi connectivity index (χ2n) is 2.82. The first kappa shape index (κ1) is 9.56. The summed E-state index contributed by atoms with van der Waals surface area (Å²) in [7, 11) is 0. The SMILES string of the molecule is CCc1ccc(CCN)cc1Cl. The first-order valence-corrected chi connectivity index (χ1v) is 4.63. The molecule has 0 fully saturated rings. The lowest BCUT2D eigenvalue weighted by atomic mass is 10.1. The fourth-order valence-corrected chi connectivity index (χ4v) is 1.54. The third kappa shape index (κ3) is 2.23. The van der Waals surface area contributed by atoms with Crippen LogP contribution < -0.4 is 5.73 Å². The molecule has 0 atom stereocenters. The summed E-state index contributed by atoms with van der Waals surface area (Å²) in [4.78, 5) is 0. The van der Waals surface area contributed by atoms with Gasteiger partial charge in [-0.3, -0.25) is 0 Å². The van der Waals surface area contributed by atoms with Gasteiger partial charge in [-0.1, -0.05) is 30.7 Å². The molecule has 2 N–H and O–H groups in total. The molecule has 0 unspecified atom stereocenters. The van der Waals surface area contributed by atoms with E-state index in [2.05, 4.69) is 19.1 Å². The van der Waals surface area contributed by atoms with Crippen LogP contribution in [0.15, 0.2) is 18.2 Å². The number of hydrogen-bond acceptors (Lipinski definition) is 1. The first-order valence-electron chi connectivity index (χ1n) is 4.25. The van der Waals surface area contributed by atoms with Crippen LogP contribution in [0.2, 0.25) is 5.02 Å². The van der Waals surface area contributed by atoms with Crippen molar-refractivity contribution in [2.24, 2.45) is 5.73 Å². The normalized spacial score (nSPS) is 10.2. The number of benzene rings is 1. The maximum atomic E-state index is 6.02. The molecule has 0 amide bonds. The fraction of sp³-hybridized carbons (Fsp3) is 0.400. The van der Waals surface area contributed by atoms with Crippen LogP contribution in [0.5, 0.6) is 0 Å². The Balaban J connectivity index is 2.86. The Hall–Kier alpha value is -0.530. The third-order valence-electron chi connectivity index (χ3n) is 1.93. The molecule has 1 aromatic rings. The second-order valence-corrected chi connectivity index (χ2v) is 3.23. The smallest absolute Gasteiger partial charge is 0.0440 e. The molecule has 0 saturated heterocycles. The summed E-state index contributed by atoms with van der Waals surface area (Å²) in [6.45, 7) is 2.78. The van der Waals surface area contributed by atoms with E-state index in [1.807, 2.05) is 6.07 Å². The van der Waals surface area contributed by atoms with Gasteiger partial charge in [-0.2, -0.15) is 0 Å². The highest BCUT2D eigenvalue weighted by Crippen LogP contribution is 2.18. The number of nitrogens with two attached hydrogens (primary N) is 1. The second kappa shape index (κ2) is 4.48. The van der Waals surface area contributed by atoms with Crippen LogP contribution in [0.25, 0.3) is 0 Å². The van der Waals surface area contributed by atoms with Gasteiger partial charge < -0.3 is 5.73 Å². The Morgan fingerprint density at radius 3 is 2.67 bits per heavy atom. The molecule has 0 bridgehead atoms. The van der Waals surface area contributed by atoms with E-state index in [-0.39, 0.29) is 0 Å². The minimum atomic E-state index is 0.682. The van der Waals surface area contributed by atoms with Gasteiger partial charge >= 0.3 is 0 Å². The molecule has 1 nitrogen and oxygen atoms in total. The standard InChI is InChI=1S/C10H14ClN/c1-2-9-4-3-8(5-6-12)7-10(9)11/h3-4,7H,2,5-6,12H2,1H3. The summed E-state index contributed by atoms with van der Waals surface area (Å²) >= 11 is 6.02. The van der Waals surface area contributed by atoms with E-state index >= 15 is 0 Å².